The van der Waals surface area contributed by atoms with Gasteiger partial charge in [0.1, 0.15) is 5.82 Å². The van der Waals surface area contributed by atoms with Crippen molar-refractivity contribution in [2.45, 2.75) is 26.6 Å². The molecule has 0 saturated heterocycles. The number of nitrogens with zero attached hydrogens (tertiary/aromatic N) is 3. The molecule has 3 aromatic rings. The van der Waals surface area contributed by atoms with E-state index in [0.717, 1.165) is 29.0 Å². The molecule has 0 atom stereocenters. The average molecular weight is 337 g/mol. The van der Waals surface area contributed by atoms with Gasteiger partial charge in [-0.05, 0) is 30.7 Å². The highest BCUT2D eigenvalue weighted by Gasteiger charge is 2.18. The Morgan fingerprint density at radius 2 is 1.88 bits per heavy atom. The molecule has 0 unspecified atom stereocenters. The second kappa shape index (κ2) is 7.49. The molecule has 130 valence electrons. The molecule has 0 aliphatic heterocycles. The third-order valence-corrected chi connectivity index (χ3v) is 4.32. The molecule has 0 spiro atoms. The number of carbonyl (C=O) groups excluding carboxylic acids is 1. The normalized spacial score (nSPS) is 11.0. The van der Waals surface area contributed by atoms with E-state index in [2.05, 4.69) is 17.6 Å². The number of carbonyl (C=O) groups is 1. The van der Waals surface area contributed by atoms with Crippen molar-refractivity contribution in [2.75, 3.05) is 14.2 Å². The molecule has 5 nitrogen and oxygen atoms in total. The van der Waals surface area contributed by atoms with E-state index in [4.69, 9.17) is 9.72 Å². The van der Waals surface area contributed by atoms with E-state index < -0.39 is 0 Å². The summed E-state index contributed by atoms with van der Waals surface area (Å²) in [4.78, 5) is 19.3. The van der Waals surface area contributed by atoms with Gasteiger partial charge in [0.2, 0.25) is 0 Å². The Hall–Kier alpha value is -2.66. The molecule has 2 aromatic carbocycles. The summed E-state index contributed by atoms with van der Waals surface area (Å²) in [5.41, 5.74) is 3.62. The van der Waals surface area contributed by atoms with Crippen LogP contribution in [0, 0.1) is 0 Å². The molecule has 1 heterocycles. The number of aryl methyl sites for hydroxylation is 1. The monoisotopic (exact) mass is 337 g/mol. The van der Waals surface area contributed by atoms with E-state index in [9.17, 15) is 4.79 Å². The minimum absolute atomic E-state index is 0.0256. The number of ether oxygens (including phenoxy) is 1. The number of hydrogen-bond donors (Lipinski definition) is 0. The van der Waals surface area contributed by atoms with Gasteiger partial charge in [0.05, 0.1) is 24.2 Å². The zero-order valence-corrected chi connectivity index (χ0v) is 14.9. The molecule has 1 amide bonds. The fourth-order valence-corrected chi connectivity index (χ4v) is 3.10. The second-order valence-electron chi connectivity index (χ2n) is 6.01. The van der Waals surface area contributed by atoms with Crippen molar-refractivity contribution in [2.24, 2.45) is 0 Å². The van der Waals surface area contributed by atoms with Crippen LogP contribution in [0.5, 0.6) is 0 Å². The Kier molecular flexibility index (Phi) is 5.14. The number of fused-ring (bicyclic) bond motifs is 1. The Balaban J connectivity index is 1.87. The Morgan fingerprint density at radius 3 is 2.64 bits per heavy atom. The fraction of sp³-hybridized carbons (Fsp3) is 0.300. The first-order valence-electron chi connectivity index (χ1n) is 8.42. The van der Waals surface area contributed by atoms with Crippen molar-refractivity contribution in [1.29, 1.82) is 0 Å². The number of rotatable bonds is 6. The summed E-state index contributed by atoms with van der Waals surface area (Å²) in [5, 5.41) is 0. The molecular weight excluding hydrogens is 314 g/mol. The Bertz CT molecular complexity index is 886. The first kappa shape index (κ1) is 17.2. The maximum absolute atomic E-state index is 12.9. The number of hydrogen-bond acceptors (Lipinski definition) is 3. The largest absolute Gasteiger partial charge is 0.380 e. The van der Waals surface area contributed by atoms with E-state index >= 15 is 0 Å². The van der Waals surface area contributed by atoms with Crippen LogP contribution in [0.2, 0.25) is 0 Å². The summed E-state index contributed by atoms with van der Waals surface area (Å²) < 4.78 is 7.36. The second-order valence-corrected chi connectivity index (χ2v) is 6.01. The van der Waals surface area contributed by atoms with Gasteiger partial charge in [-0.15, -0.1) is 0 Å². The summed E-state index contributed by atoms with van der Waals surface area (Å²) in [6.07, 6.45) is 0. The molecule has 25 heavy (non-hydrogen) atoms. The molecule has 1 aromatic heterocycles. The number of imidazole rings is 1. The number of para-hydroxylation sites is 2. The van der Waals surface area contributed by atoms with E-state index in [0.29, 0.717) is 18.7 Å². The fourth-order valence-electron chi connectivity index (χ4n) is 3.10. The number of amides is 1. The first-order valence-corrected chi connectivity index (χ1v) is 8.42. The van der Waals surface area contributed by atoms with Gasteiger partial charge >= 0.3 is 0 Å². The molecule has 0 aliphatic carbocycles. The molecular formula is C20H23N3O2. The lowest BCUT2D eigenvalue weighted by molar-refractivity contribution is 0.0775. The topological polar surface area (TPSA) is 47.4 Å². The van der Waals surface area contributed by atoms with Gasteiger partial charge in [-0.1, -0.05) is 30.3 Å². The number of benzene rings is 2. The minimum Gasteiger partial charge on any atom is -0.380 e. The third-order valence-electron chi connectivity index (χ3n) is 4.32. The van der Waals surface area contributed by atoms with Crippen LogP contribution in [0.25, 0.3) is 11.0 Å². The SMILES string of the molecule is CCn1c(CN(C)C(=O)c2ccccc2COC)nc2ccccc21. The lowest BCUT2D eigenvalue weighted by atomic mass is 10.1. The lowest BCUT2D eigenvalue weighted by Gasteiger charge is -2.19. The standard InChI is InChI=1S/C20H23N3O2/c1-4-23-18-12-8-7-11-17(18)21-19(23)13-22(2)20(24)16-10-6-5-9-15(16)14-25-3/h5-12H,4,13-14H2,1-3H3. The molecule has 5 heteroatoms. The minimum atomic E-state index is -0.0256. The first-order chi connectivity index (χ1) is 12.2. The maximum Gasteiger partial charge on any atom is 0.254 e. The summed E-state index contributed by atoms with van der Waals surface area (Å²) in [6, 6.07) is 15.6. The van der Waals surface area contributed by atoms with Crippen LogP contribution in [0.3, 0.4) is 0 Å². The molecule has 0 N–H and O–H groups in total. The molecule has 0 bridgehead atoms. The van der Waals surface area contributed by atoms with Gasteiger partial charge in [0, 0.05) is 26.3 Å². The zero-order chi connectivity index (χ0) is 17.8. The smallest absolute Gasteiger partial charge is 0.254 e. The summed E-state index contributed by atoms with van der Waals surface area (Å²) in [5.74, 6) is 0.867. The number of aromatic nitrogens is 2. The van der Waals surface area contributed by atoms with Crippen LogP contribution >= 0.6 is 0 Å². The highest BCUT2D eigenvalue weighted by molar-refractivity contribution is 5.95. The molecule has 0 saturated carbocycles. The Labute approximate surface area is 147 Å². The van der Waals surface area contributed by atoms with Crippen LogP contribution in [-0.2, 0) is 24.4 Å². The van der Waals surface area contributed by atoms with Crippen molar-refractivity contribution >= 4 is 16.9 Å². The van der Waals surface area contributed by atoms with Gasteiger partial charge in [0.15, 0.2) is 0 Å². The van der Waals surface area contributed by atoms with Gasteiger partial charge in [-0.2, -0.15) is 0 Å². The molecule has 0 radical (unpaired) electrons. The van der Waals surface area contributed by atoms with Crippen LogP contribution in [-0.4, -0.2) is 34.5 Å². The average Bonchev–Trinajstić information content (AvgIpc) is 2.98. The summed E-state index contributed by atoms with van der Waals surface area (Å²) in [6.45, 7) is 3.79. The van der Waals surface area contributed by atoms with Gasteiger partial charge in [-0.25, -0.2) is 4.98 Å². The summed E-state index contributed by atoms with van der Waals surface area (Å²) in [7, 11) is 3.44. The van der Waals surface area contributed by atoms with Crippen molar-refractivity contribution in [3.63, 3.8) is 0 Å². The highest BCUT2D eigenvalue weighted by atomic mass is 16.5. The van der Waals surface area contributed by atoms with Crippen LogP contribution in [0.15, 0.2) is 48.5 Å². The molecule has 3 rings (SSSR count). The van der Waals surface area contributed by atoms with Gasteiger partial charge < -0.3 is 14.2 Å². The number of methoxy groups -OCH3 is 1. The van der Waals surface area contributed by atoms with E-state index in [1.165, 1.54) is 0 Å². The summed E-state index contributed by atoms with van der Waals surface area (Å²) >= 11 is 0. The molecule has 0 aliphatic rings. The predicted molar refractivity (Wildman–Crippen MR) is 98.4 cm³/mol. The molecule has 0 fully saturated rings. The van der Waals surface area contributed by atoms with E-state index in [-0.39, 0.29) is 5.91 Å². The quantitative estimate of drug-likeness (QED) is 0.692. The predicted octanol–water partition coefficient (Wildman–Crippen LogP) is 3.47. The van der Waals surface area contributed by atoms with Gasteiger partial charge in [0.25, 0.3) is 5.91 Å². The van der Waals surface area contributed by atoms with Crippen molar-refractivity contribution in [1.82, 2.24) is 14.5 Å². The third kappa shape index (κ3) is 3.42. The van der Waals surface area contributed by atoms with Gasteiger partial charge in [-0.3, -0.25) is 4.79 Å². The maximum atomic E-state index is 12.9. The van der Waals surface area contributed by atoms with Crippen LogP contribution < -0.4 is 0 Å². The van der Waals surface area contributed by atoms with Crippen molar-refractivity contribution in [3.8, 4) is 0 Å². The lowest BCUT2D eigenvalue weighted by Crippen LogP contribution is -2.28. The van der Waals surface area contributed by atoms with E-state index in [1.807, 2.05) is 49.5 Å². The van der Waals surface area contributed by atoms with Crippen LogP contribution in [0.1, 0.15) is 28.7 Å². The van der Waals surface area contributed by atoms with Crippen molar-refractivity contribution in [3.05, 3.63) is 65.5 Å². The highest BCUT2D eigenvalue weighted by Crippen LogP contribution is 2.18. The van der Waals surface area contributed by atoms with E-state index in [1.54, 1.807) is 12.0 Å². The Morgan fingerprint density at radius 1 is 1.16 bits per heavy atom. The zero-order valence-electron chi connectivity index (χ0n) is 14.9. The van der Waals surface area contributed by atoms with Crippen molar-refractivity contribution < 1.29 is 9.53 Å². The van der Waals surface area contributed by atoms with Crippen LogP contribution in [0.4, 0.5) is 0 Å².